The number of anilines is 1. The van der Waals surface area contributed by atoms with Gasteiger partial charge in [-0.05, 0) is 50.5 Å². The highest BCUT2D eigenvalue weighted by Crippen LogP contribution is 2.23. The summed E-state index contributed by atoms with van der Waals surface area (Å²) in [5.74, 6) is 0.114. The predicted molar refractivity (Wildman–Crippen MR) is 88.4 cm³/mol. The molecule has 23 heavy (non-hydrogen) atoms. The van der Waals surface area contributed by atoms with E-state index in [2.05, 4.69) is 32.5 Å². The van der Waals surface area contributed by atoms with Gasteiger partial charge in [0, 0.05) is 30.4 Å². The van der Waals surface area contributed by atoms with Crippen LogP contribution in [0.5, 0.6) is 0 Å². The smallest absolute Gasteiger partial charge is 0.316 e. The minimum Gasteiger partial charge on any atom is -0.372 e. The van der Waals surface area contributed by atoms with Crippen LogP contribution in [0.1, 0.15) is 43.8 Å². The molecule has 1 fully saturated rings. The molecule has 2 heterocycles. The first-order chi connectivity index (χ1) is 11.2. The fourth-order valence-corrected chi connectivity index (χ4v) is 2.62. The van der Waals surface area contributed by atoms with Crippen LogP contribution >= 0.6 is 0 Å². The summed E-state index contributed by atoms with van der Waals surface area (Å²) in [5, 5.41) is 6.72. The van der Waals surface area contributed by atoms with Gasteiger partial charge in [-0.3, -0.25) is 4.79 Å². The van der Waals surface area contributed by atoms with Crippen LogP contribution in [0.4, 0.5) is 5.69 Å². The SMILES string of the molecule is CCC(C)NC(=O)c1nc(-c2ccc(N3CCCC3)cc2)no1. The van der Waals surface area contributed by atoms with E-state index in [1.54, 1.807) is 0 Å². The van der Waals surface area contributed by atoms with Crippen LogP contribution < -0.4 is 10.2 Å². The summed E-state index contributed by atoms with van der Waals surface area (Å²) in [6.07, 6.45) is 3.35. The van der Waals surface area contributed by atoms with E-state index in [0.29, 0.717) is 5.82 Å². The standard InChI is InChI=1S/C17H22N4O2/c1-3-12(2)18-16(22)17-19-15(20-23-17)13-6-8-14(9-7-13)21-10-4-5-11-21/h6-9,12H,3-5,10-11H2,1-2H3,(H,18,22). The molecule has 1 aromatic carbocycles. The Morgan fingerprint density at radius 2 is 2.00 bits per heavy atom. The van der Waals surface area contributed by atoms with Crippen molar-refractivity contribution in [2.45, 2.75) is 39.2 Å². The van der Waals surface area contributed by atoms with E-state index >= 15 is 0 Å². The maximum Gasteiger partial charge on any atom is 0.316 e. The van der Waals surface area contributed by atoms with Gasteiger partial charge in [0.25, 0.3) is 0 Å². The monoisotopic (exact) mass is 314 g/mol. The van der Waals surface area contributed by atoms with Crippen LogP contribution in [0.15, 0.2) is 28.8 Å². The van der Waals surface area contributed by atoms with E-state index in [1.807, 2.05) is 26.0 Å². The molecule has 1 saturated heterocycles. The molecule has 1 unspecified atom stereocenters. The lowest BCUT2D eigenvalue weighted by molar-refractivity contribution is 0.0895. The average molecular weight is 314 g/mol. The quantitative estimate of drug-likeness (QED) is 0.919. The van der Waals surface area contributed by atoms with Crippen LogP contribution in [0, 0.1) is 0 Å². The largest absolute Gasteiger partial charge is 0.372 e. The third kappa shape index (κ3) is 3.52. The number of hydrogen-bond donors (Lipinski definition) is 1. The lowest BCUT2D eigenvalue weighted by Crippen LogP contribution is -2.32. The third-order valence-corrected chi connectivity index (χ3v) is 4.21. The van der Waals surface area contributed by atoms with Crippen LogP contribution in [-0.4, -0.2) is 35.2 Å². The molecule has 1 aliphatic heterocycles. The highest BCUT2D eigenvalue weighted by Gasteiger charge is 2.18. The van der Waals surface area contributed by atoms with E-state index in [4.69, 9.17) is 4.52 Å². The Balaban J connectivity index is 1.71. The van der Waals surface area contributed by atoms with Crippen molar-refractivity contribution in [3.63, 3.8) is 0 Å². The van der Waals surface area contributed by atoms with Gasteiger partial charge in [-0.1, -0.05) is 12.1 Å². The molecule has 6 nitrogen and oxygen atoms in total. The number of amides is 1. The van der Waals surface area contributed by atoms with Crippen molar-refractivity contribution in [2.24, 2.45) is 0 Å². The number of carbonyl (C=O) groups excluding carboxylic acids is 1. The van der Waals surface area contributed by atoms with Crippen molar-refractivity contribution in [3.05, 3.63) is 30.2 Å². The summed E-state index contributed by atoms with van der Waals surface area (Å²) < 4.78 is 5.07. The number of carbonyl (C=O) groups is 1. The van der Waals surface area contributed by atoms with Crippen molar-refractivity contribution in [2.75, 3.05) is 18.0 Å². The fraction of sp³-hybridized carbons (Fsp3) is 0.471. The molecule has 0 spiro atoms. The number of benzene rings is 1. The summed E-state index contributed by atoms with van der Waals surface area (Å²) in [7, 11) is 0. The van der Waals surface area contributed by atoms with Gasteiger partial charge in [-0.2, -0.15) is 4.98 Å². The van der Waals surface area contributed by atoms with Gasteiger partial charge < -0.3 is 14.7 Å². The van der Waals surface area contributed by atoms with Gasteiger partial charge in [0.2, 0.25) is 5.82 Å². The third-order valence-electron chi connectivity index (χ3n) is 4.21. The van der Waals surface area contributed by atoms with Crippen molar-refractivity contribution < 1.29 is 9.32 Å². The van der Waals surface area contributed by atoms with Crippen LogP contribution in [0.25, 0.3) is 11.4 Å². The number of nitrogens with zero attached hydrogens (tertiary/aromatic N) is 3. The second kappa shape index (κ2) is 6.81. The van der Waals surface area contributed by atoms with E-state index < -0.39 is 0 Å². The minimum absolute atomic E-state index is 0.00363. The predicted octanol–water partition coefficient (Wildman–Crippen LogP) is 2.87. The zero-order valence-electron chi connectivity index (χ0n) is 13.6. The zero-order valence-corrected chi connectivity index (χ0v) is 13.6. The summed E-state index contributed by atoms with van der Waals surface area (Å²) >= 11 is 0. The lowest BCUT2D eigenvalue weighted by Gasteiger charge is -2.17. The maximum atomic E-state index is 12.0. The summed E-state index contributed by atoms with van der Waals surface area (Å²) in [4.78, 5) is 18.5. The van der Waals surface area contributed by atoms with Crippen molar-refractivity contribution in [1.29, 1.82) is 0 Å². The Morgan fingerprint density at radius 3 is 2.65 bits per heavy atom. The van der Waals surface area contributed by atoms with Gasteiger partial charge in [-0.25, -0.2) is 0 Å². The summed E-state index contributed by atoms with van der Waals surface area (Å²) in [6.45, 7) is 6.17. The molecule has 2 aromatic rings. The molecular formula is C17H22N4O2. The first-order valence-electron chi connectivity index (χ1n) is 8.17. The molecule has 0 radical (unpaired) electrons. The molecule has 122 valence electrons. The van der Waals surface area contributed by atoms with Crippen LogP contribution in [-0.2, 0) is 0 Å². The van der Waals surface area contributed by atoms with Gasteiger partial charge >= 0.3 is 11.8 Å². The van der Waals surface area contributed by atoms with E-state index in [-0.39, 0.29) is 17.8 Å². The molecular weight excluding hydrogens is 292 g/mol. The molecule has 1 N–H and O–H groups in total. The molecule has 1 amide bonds. The molecule has 0 aliphatic carbocycles. The first-order valence-corrected chi connectivity index (χ1v) is 8.17. The number of rotatable bonds is 5. The lowest BCUT2D eigenvalue weighted by atomic mass is 10.2. The molecule has 6 heteroatoms. The normalized spacial score (nSPS) is 15.7. The number of nitrogens with one attached hydrogen (secondary N) is 1. The highest BCUT2D eigenvalue weighted by molar-refractivity contribution is 5.90. The Labute approximate surface area is 135 Å². The topological polar surface area (TPSA) is 71.3 Å². The van der Waals surface area contributed by atoms with Crippen molar-refractivity contribution in [3.8, 4) is 11.4 Å². The van der Waals surface area contributed by atoms with E-state index in [9.17, 15) is 4.79 Å². The second-order valence-electron chi connectivity index (χ2n) is 5.95. The Kier molecular flexibility index (Phi) is 4.60. The van der Waals surface area contributed by atoms with Crippen LogP contribution in [0.2, 0.25) is 0 Å². The van der Waals surface area contributed by atoms with Gasteiger partial charge in [-0.15, -0.1) is 0 Å². The minimum atomic E-state index is -0.327. The summed E-state index contributed by atoms with van der Waals surface area (Å²) in [6, 6.07) is 8.15. The van der Waals surface area contributed by atoms with Crippen molar-refractivity contribution >= 4 is 11.6 Å². The molecule has 1 aliphatic rings. The van der Waals surface area contributed by atoms with Gasteiger partial charge in [0.15, 0.2) is 0 Å². The Bertz CT molecular complexity index is 659. The number of aromatic nitrogens is 2. The van der Waals surface area contributed by atoms with Crippen molar-refractivity contribution in [1.82, 2.24) is 15.5 Å². The van der Waals surface area contributed by atoms with Gasteiger partial charge in [0.05, 0.1) is 0 Å². The Morgan fingerprint density at radius 1 is 1.30 bits per heavy atom. The molecule has 1 aromatic heterocycles. The molecule has 1 atom stereocenters. The molecule has 3 rings (SSSR count). The second-order valence-corrected chi connectivity index (χ2v) is 5.95. The molecule has 0 saturated carbocycles. The maximum absolute atomic E-state index is 12.0. The zero-order chi connectivity index (χ0) is 16.2. The fourth-order valence-electron chi connectivity index (χ4n) is 2.62. The first kappa shape index (κ1) is 15.5. The van der Waals surface area contributed by atoms with Crippen LogP contribution in [0.3, 0.4) is 0 Å². The van der Waals surface area contributed by atoms with E-state index in [0.717, 1.165) is 25.1 Å². The summed E-state index contributed by atoms with van der Waals surface area (Å²) in [5.41, 5.74) is 2.06. The number of hydrogen-bond acceptors (Lipinski definition) is 5. The highest BCUT2D eigenvalue weighted by atomic mass is 16.5. The van der Waals surface area contributed by atoms with Gasteiger partial charge in [0.1, 0.15) is 0 Å². The molecule has 0 bridgehead atoms. The Hall–Kier alpha value is -2.37. The average Bonchev–Trinajstić information content (AvgIpc) is 3.26. The van der Waals surface area contributed by atoms with E-state index in [1.165, 1.54) is 18.5 Å².